The molecule has 1 aliphatic rings. The first-order chi connectivity index (χ1) is 7.51. The monoisotopic (exact) mass is 224 g/mol. The zero-order chi connectivity index (χ0) is 11.9. The van der Waals surface area contributed by atoms with Gasteiger partial charge in [-0.3, -0.25) is 4.79 Å². The van der Waals surface area contributed by atoms with Crippen LogP contribution in [0.1, 0.15) is 24.0 Å². The van der Waals surface area contributed by atoms with Crippen molar-refractivity contribution in [2.75, 3.05) is 7.11 Å². The molecule has 0 heterocycles. The lowest BCUT2D eigenvalue weighted by atomic mass is 9.91. The standard InChI is InChI=1S/C12H13FO3/c1-7-9(12(3-4-12)11(14)15)5-8(13)6-10(7)16-2/h5-6H,3-4H2,1-2H3,(H,14,15). The SMILES string of the molecule is COc1cc(F)cc(C2(C(=O)O)CC2)c1C. The summed E-state index contributed by atoms with van der Waals surface area (Å²) < 4.78 is 18.4. The van der Waals surface area contributed by atoms with Gasteiger partial charge in [-0.1, -0.05) is 0 Å². The maximum Gasteiger partial charge on any atom is 0.314 e. The zero-order valence-corrected chi connectivity index (χ0v) is 9.21. The van der Waals surface area contributed by atoms with Crippen LogP contribution in [0.2, 0.25) is 0 Å². The van der Waals surface area contributed by atoms with Crippen molar-refractivity contribution in [3.8, 4) is 5.75 Å². The molecule has 1 aromatic rings. The van der Waals surface area contributed by atoms with E-state index in [2.05, 4.69) is 0 Å². The quantitative estimate of drug-likeness (QED) is 0.856. The van der Waals surface area contributed by atoms with Gasteiger partial charge in [-0.05, 0) is 37.0 Å². The maximum absolute atomic E-state index is 13.3. The Kier molecular flexibility index (Phi) is 2.37. The van der Waals surface area contributed by atoms with Gasteiger partial charge in [0.2, 0.25) is 0 Å². The summed E-state index contributed by atoms with van der Waals surface area (Å²) in [7, 11) is 1.45. The van der Waals surface area contributed by atoms with Gasteiger partial charge < -0.3 is 9.84 Å². The van der Waals surface area contributed by atoms with Crippen LogP contribution in [-0.2, 0) is 10.2 Å². The van der Waals surface area contributed by atoms with E-state index < -0.39 is 17.2 Å². The number of aliphatic carboxylic acids is 1. The number of halogens is 1. The summed E-state index contributed by atoms with van der Waals surface area (Å²) >= 11 is 0. The third-order valence-corrected chi connectivity index (χ3v) is 3.22. The zero-order valence-electron chi connectivity index (χ0n) is 9.21. The van der Waals surface area contributed by atoms with E-state index in [9.17, 15) is 14.3 Å². The van der Waals surface area contributed by atoms with Gasteiger partial charge in [-0.2, -0.15) is 0 Å². The summed E-state index contributed by atoms with van der Waals surface area (Å²) in [6, 6.07) is 2.58. The van der Waals surface area contributed by atoms with E-state index in [1.807, 2.05) is 0 Å². The number of carbonyl (C=O) groups is 1. The normalized spacial score (nSPS) is 16.9. The van der Waals surface area contributed by atoms with Crippen molar-refractivity contribution in [2.24, 2.45) is 0 Å². The molecule has 0 aliphatic heterocycles. The van der Waals surface area contributed by atoms with Crippen molar-refractivity contribution >= 4 is 5.97 Å². The van der Waals surface area contributed by atoms with Crippen LogP contribution < -0.4 is 4.74 Å². The lowest BCUT2D eigenvalue weighted by Crippen LogP contribution is -2.21. The molecule has 0 amide bonds. The van der Waals surface area contributed by atoms with E-state index >= 15 is 0 Å². The first-order valence-corrected chi connectivity index (χ1v) is 5.09. The molecular weight excluding hydrogens is 211 g/mol. The molecule has 1 aliphatic carbocycles. The Morgan fingerprint density at radius 3 is 2.56 bits per heavy atom. The Bertz CT molecular complexity index is 450. The number of hydrogen-bond acceptors (Lipinski definition) is 2. The molecule has 0 atom stereocenters. The summed E-state index contributed by atoms with van der Waals surface area (Å²) in [6.45, 7) is 1.76. The highest BCUT2D eigenvalue weighted by atomic mass is 19.1. The molecule has 86 valence electrons. The van der Waals surface area contributed by atoms with E-state index in [0.29, 0.717) is 29.7 Å². The van der Waals surface area contributed by atoms with Gasteiger partial charge in [0.05, 0.1) is 12.5 Å². The lowest BCUT2D eigenvalue weighted by Gasteiger charge is -2.16. The number of ether oxygens (including phenoxy) is 1. The van der Waals surface area contributed by atoms with Crippen molar-refractivity contribution in [3.05, 3.63) is 29.1 Å². The Morgan fingerprint density at radius 2 is 2.12 bits per heavy atom. The van der Waals surface area contributed by atoms with Crippen LogP contribution in [0.3, 0.4) is 0 Å². The first kappa shape index (κ1) is 10.9. The Labute approximate surface area is 92.9 Å². The van der Waals surface area contributed by atoms with Gasteiger partial charge in [0.25, 0.3) is 0 Å². The van der Waals surface area contributed by atoms with Gasteiger partial charge in [-0.25, -0.2) is 4.39 Å². The highest BCUT2D eigenvalue weighted by Crippen LogP contribution is 2.50. The second kappa shape index (κ2) is 3.47. The molecule has 4 heteroatoms. The van der Waals surface area contributed by atoms with Crippen molar-refractivity contribution in [3.63, 3.8) is 0 Å². The summed E-state index contributed by atoms with van der Waals surface area (Å²) in [5, 5.41) is 9.17. The van der Waals surface area contributed by atoms with Crippen molar-refractivity contribution in [2.45, 2.75) is 25.2 Å². The number of benzene rings is 1. The molecule has 0 spiro atoms. The van der Waals surface area contributed by atoms with Crippen molar-refractivity contribution in [1.29, 1.82) is 0 Å². The summed E-state index contributed by atoms with van der Waals surface area (Å²) in [4.78, 5) is 11.2. The molecule has 0 bridgehead atoms. The largest absolute Gasteiger partial charge is 0.496 e. The van der Waals surface area contributed by atoms with Gasteiger partial charge in [0, 0.05) is 6.07 Å². The van der Waals surface area contributed by atoms with Crippen molar-refractivity contribution < 1.29 is 19.0 Å². The molecule has 2 rings (SSSR count). The number of hydrogen-bond donors (Lipinski definition) is 1. The molecule has 1 fully saturated rings. The smallest absolute Gasteiger partial charge is 0.314 e. The van der Waals surface area contributed by atoms with Crippen LogP contribution in [-0.4, -0.2) is 18.2 Å². The second-order valence-electron chi connectivity index (χ2n) is 4.17. The fraction of sp³-hybridized carbons (Fsp3) is 0.417. The fourth-order valence-electron chi connectivity index (χ4n) is 2.09. The van der Waals surface area contributed by atoms with E-state index in [-0.39, 0.29) is 0 Å². The fourth-order valence-corrected chi connectivity index (χ4v) is 2.09. The van der Waals surface area contributed by atoms with Gasteiger partial charge in [0.15, 0.2) is 0 Å². The Morgan fingerprint density at radius 1 is 1.50 bits per heavy atom. The number of carboxylic acid groups (broad SMARTS) is 1. The average Bonchev–Trinajstić information content (AvgIpc) is 3.02. The first-order valence-electron chi connectivity index (χ1n) is 5.09. The highest BCUT2D eigenvalue weighted by Gasteiger charge is 2.53. The van der Waals surface area contributed by atoms with Crippen LogP contribution >= 0.6 is 0 Å². The predicted molar refractivity (Wildman–Crippen MR) is 56.2 cm³/mol. The second-order valence-corrected chi connectivity index (χ2v) is 4.17. The molecule has 1 N–H and O–H groups in total. The minimum Gasteiger partial charge on any atom is -0.496 e. The molecule has 0 unspecified atom stereocenters. The van der Waals surface area contributed by atoms with Crippen molar-refractivity contribution in [1.82, 2.24) is 0 Å². The minimum absolute atomic E-state index is 0.405. The number of rotatable bonds is 3. The molecular formula is C12H13FO3. The molecule has 0 aromatic heterocycles. The van der Waals surface area contributed by atoms with E-state index in [1.54, 1.807) is 6.92 Å². The van der Waals surface area contributed by atoms with Gasteiger partial charge in [0.1, 0.15) is 11.6 Å². The van der Waals surface area contributed by atoms with Crippen LogP contribution in [0, 0.1) is 12.7 Å². The molecule has 1 saturated carbocycles. The van der Waals surface area contributed by atoms with E-state index in [4.69, 9.17) is 4.74 Å². The molecule has 16 heavy (non-hydrogen) atoms. The topological polar surface area (TPSA) is 46.5 Å². The van der Waals surface area contributed by atoms with E-state index in [0.717, 1.165) is 0 Å². The molecule has 3 nitrogen and oxygen atoms in total. The van der Waals surface area contributed by atoms with Gasteiger partial charge >= 0.3 is 5.97 Å². The molecule has 0 saturated heterocycles. The summed E-state index contributed by atoms with van der Waals surface area (Å²) in [5.74, 6) is -0.934. The lowest BCUT2D eigenvalue weighted by molar-refractivity contribution is -0.140. The summed E-state index contributed by atoms with van der Waals surface area (Å²) in [5.41, 5.74) is 0.361. The Hall–Kier alpha value is -1.58. The predicted octanol–water partition coefficient (Wildman–Crippen LogP) is 2.26. The van der Waals surface area contributed by atoms with Crippen LogP contribution in [0.4, 0.5) is 4.39 Å². The van der Waals surface area contributed by atoms with Crippen LogP contribution in [0.5, 0.6) is 5.75 Å². The highest BCUT2D eigenvalue weighted by molar-refractivity contribution is 5.85. The third-order valence-electron chi connectivity index (χ3n) is 3.22. The van der Waals surface area contributed by atoms with Crippen LogP contribution in [0.25, 0.3) is 0 Å². The molecule has 0 radical (unpaired) electrons. The molecule has 1 aromatic carbocycles. The minimum atomic E-state index is -0.889. The average molecular weight is 224 g/mol. The number of carboxylic acids is 1. The Balaban J connectivity index is 2.57. The van der Waals surface area contributed by atoms with Gasteiger partial charge in [-0.15, -0.1) is 0 Å². The van der Waals surface area contributed by atoms with E-state index in [1.165, 1.54) is 19.2 Å². The maximum atomic E-state index is 13.3. The third kappa shape index (κ3) is 1.45. The number of methoxy groups -OCH3 is 1. The van der Waals surface area contributed by atoms with Crippen LogP contribution in [0.15, 0.2) is 12.1 Å². The summed E-state index contributed by atoms with van der Waals surface area (Å²) in [6.07, 6.45) is 1.13.